The van der Waals surface area contributed by atoms with Gasteiger partial charge in [-0.05, 0) is 29.6 Å². The van der Waals surface area contributed by atoms with E-state index in [1.54, 1.807) is 12.4 Å². The normalized spacial score (nSPS) is 16.3. The van der Waals surface area contributed by atoms with Gasteiger partial charge >= 0.3 is 0 Å². The van der Waals surface area contributed by atoms with Crippen LogP contribution in [0.2, 0.25) is 0 Å². The Hall–Kier alpha value is -1.63. The maximum Gasteiger partial charge on any atom is 0.182 e. The Morgan fingerprint density at radius 3 is 1.12 bits per heavy atom. The number of nitrogens with one attached hydrogen (secondary N) is 2. The molecule has 1 aliphatic rings. The molecule has 0 saturated heterocycles. The fraction of sp³-hybridized carbons (Fsp3) is 0.250. The molecule has 0 aromatic carbocycles. The Morgan fingerprint density at radius 2 is 0.885 bits per heavy atom. The summed E-state index contributed by atoms with van der Waals surface area (Å²) in [4.78, 5) is 27.8. The van der Waals surface area contributed by atoms with Gasteiger partial charge in [-0.2, -0.15) is 0 Å². The molecule has 0 aliphatic heterocycles. The van der Waals surface area contributed by atoms with E-state index in [-0.39, 0.29) is 33.1 Å². The standard InChI is InChI=1S/C10H8N2O2.C10H15.Co.H2O/c13-7-1-3-11-9(5-7)10-6-8(14)2-4-12-10;1-6-7(2)9(4)10(5)8(6)3;;/h1-6H,(H,11,13)(H,12,14);1-5H3;;1H2. The Morgan fingerprint density at radius 1 is 0.615 bits per heavy atom. The van der Waals surface area contributed by atoms with E-state index in [1.807, 2.05) is 0 Å². The predicted molar refractivity (Wildman–Crippen MR) is 101 cm³/mol. The molecule has 0 atom stereocenters. The van der Waals surface area contributed by atoms with Crippen molar-refractivity contribution in [2.75, 3.05) is 0 Å². The van der Waals surface area contributed by atoms with Crippen LogP contribution in [0.25, 0.3) is 11.4 Å². The molecule has 3 rings (SSSR count). The Kier molecular flexibility index (Phi) is 9.84. The van der Waals surface area contributed by atoms with Crippen molar-refractivity contribution in [3.8, 4) is 11.4 Å². The summed E-state index contributed by atoms with van der Waals surface area (Å²) in [5, 5.41) is 0. The molecule has 1 fully saturated rings. The van der Waals surface area contributed by atoms with Crippen LogP contribution in [0.15, 0.2) is 46.2 Å². The van der Waals surface area contributed by atoms with Gasteiger partial charge in [-0.1, -0.05) is 34.6 Å². The van der Waals surface area contributed by atoms with E-state index in [0.29, 0.717) is 11.4 Å². The molecule has 0 unspecified atom stereocenters. The second kappa shape index (κ2) is 10.5. The van der Waals surface area contributed by atoms with Crippen LogP contribution in [0.5, 0.6) is 0 Å². The van der Waals surface area contributed by atoms with Gasteiger partial charge in [0.05, 0.1) is 11.4 Å². The third-order valence-corrected chi connectivity index (χ3v) is 4.65. The zero-order chi connectivity index (χ0) is 17.9. The molecule has 1 saturated carbocycles. The molecule has 4 N–H and O–H groups in total. The van der Waals surface area contributed by atoms with Crippen LogP contribution < -0.4 is 10.9 Å². The van der Waals surface area contributed by atoms with Crippen LogP contribution in [0.1, 0.15) is 34.6 Å². The average molecular weight is 400 g/mol. The largest absolute Gasteiger partial charge is 0.412 e. The fourth-order valence-electron chi connectivity index (χ4n) is 2.61. The molecule has 0 amide bonds. The first kappa shape index (κ1) is 24.4. The van der Waals surface area contributed by atoms with Crippen LogP contribution in [0.4, 0.5) is 0 Å². The third-order valence-electron chi connectivity index (χ3n) is 4.65. The molecule has 5 nitrogen and oxygen atoms in total. The van der Waals surface area contributed by atoms with Gasteiger partial charge in [0.2, 0.25) is 0 Å². The first-order chi connectivity index (χ1) is 11.3. The van der Waals surface area contributed by atoms with Crippen molar-refractivity contribution in [3.63, 3.8) is 0 Å². The van der Waals surface area contributed by atoms with E-state index in [1.165, 1.54) is 53.9 Å². The molecule has 0 bridgehead atoms. The minimum Gasteiger partial charge on any atom is -0.412 e. The van der Waals surface area contributed by atoms with Gasteiger partial charge in [0.25, 0.3) is 0 Å². The number of pyridine rings is 2. The quantitative estimate of drug-likeness (QED) is 0.770. The van der Waals surface area contributed by atoms with Gasteiger partial charge in [-0.15, -0.1) is 0 Å². The van der Waals surface area contributed by atoms with E-state index in [4.69, 9.17) is 0 Å². The van der Waals surface area contributed by atoms with Gasteiger partial charge < -0.3 is 15.4 Å². The molecule has 26 heavy (non-hydrogen) atoms. The second-order valence-corrected chi connectivity index (χ2v) is 6.00. The summed E-state index contributed by atoms with van der Waals surface area (Å²) < 4.78 is 0. The van der Waals surface area contributed by atoms with Crippen LogP contribution >= 0.6 is 0 Å². The molecular formula is C20H25CoN2O3. The van der Waals surface area contributed by atoms with E-state index >= 15 is 0 Å². The fourth-order valence-corrected chi connectivity index (χ4v) is 2.61. The van der Waals surface area contributed by atoms with Crippen molar-refractivity contribution in [2.45, 2.75) is 34.6 Å². The topological polar surface area (TPSA) is 97.2 Å². The molecule has 2 aromatic heterocycles. The maximum atomic E-state index is 11.0. The monoisotopic (exact) mass is 400 g/mol. The number of H-pyrrole nitrogens is 2. The van der Waals surface area contributed by atoms with Crippen molar-refractivity contribution in [2.24, 2.45) is 0 Å². The van der Waals surface area contributed by atoms with Crippen molar-refractivity contribution in [3.05, 3.63) is 86.7 Å². The molecule has 6 heteroatoms. The van der Waals surface area contributed by atoms with E-state index in [9.17, 15) is 9.59 Å². The first-order valence-electron chi connectivity index (χ1n) is 7.88. The summed E-state index contributed by atoms with van der Waals surface area (Å²) in [6.45, 7) is 11.0. The van der Waals surface area contributed by atoms with E-state index in [2.05, 4.69) is 44.6 Å². The summed E-state index contributed by atoms with van der Waals surface area (Å²) in [7, 11) is 0. The van der Waals surface area contributed by atoms with Crippen molar-refractivity contribution < 1.29 is 22.3 Å². The zero-order valence-electron chi connectivity index (χ0n) is 15.6. The van der Waals surface area contributed by atoms with Gasteiger partial charge in [-0.25, -0.2) is 0 Å². The molecule has 2 aromatic rings. The second-order valence-electron chi connectivity index (χ2n) is 6.00. The van der Waals surface area contributed by atoms with Crippen molar-refractivity contribution in [1.82, 2.24) is 9.97 Å². The van der Waals surface area contributed by atoms with Crippen LogP contribution in [-0.4, -0.2) is 15.4 Å². The van der Waals surface area contributed by atoms with Gasteiger partial charge in [0.1, 0.15) is 0 Å². The summed E-state index contributed by atoms with van der Waals surface area (Å²) in [6.07, 6.45) is 3.09. The Balaban J connectivity index is 0.000000469. The third kappa shape index (κ3) is 5.69. The van der Waals surface area contributed by atoms with Gasteiger partial charge in [-0.3, -0.25) is 9.59 Å². The minimum atomic E-state index is -0.0940. The summed E-state index contributed by atoms with van der Waals surface area (Å²) >= 11 is 0. The van der Waals surface area contributed by atoms with Crippen LogP contribution in [-0.2, 0) is 16.8 Å². The number of rotatable bonds is 1. The summed E-state index contributed by atoms with van der Waals surface area (Å²) in [5.41, 5.74) is 1.03. The molecule has 142 valence electrons. The Labute approximate surface area is 165 Å². The summed E-state index contributed by atoms with van der Waals surface area (Å²) in [6, 6.07) is 5.71. The zero-order valence-corrected chi connectivity index (χ0v) is 16.7. The molecular weight excluding hydrogens is 375 g/mol. The molecule has 2 heterocycles. The predicted octanol–water partition coefficient (Wildman–Crippen LogP) is 2.87. The number of aromatic nitrogens is 2. The van der Waals surface area contributed by atoms with Gasteiger partial charge in [0, 0.05) is 53.4 Å². The molecule has 1 aliphatic carbocycles. The maximum absolute atomic E-state index is 11.0. The van der Waals surface area contributed by atoms with Crippen LogP contribution in [0.3, 0.4) is 0 Å². The SMILES string of the molecule is C[C]1[C](C)[C](C)[C](C)[C]1C.O.O=c1cc[nH]c(-c2cc(=O)cc[nH]2)c1.[Co]. The van der Waals surface area contributed by atoms with Crippen LogP contribution in [0, 0.1) is 29.6 Å². The molecule has 0 spiro atoms. The number of hydrogen-bond donors (Lipinski definition) is 2. The van der Waals surface area contributed by atoms with Crippen molar-refractivity contribution >= 4 is 0 Å². The Bertz CT molecular complexity index is 690. The van der Waals surface area contributed by atoms with E-state index in [0.717, 1.165) is 0 Å². The van der Waals surface area contributed by atoms with Crippen molar-refractivity contribution in [1.29, 1.82) is 0 Å². The number of hydrogen-bond acceptors (Lipinski definition) is 2. The van der Waals surface area contributed by atoms with Gasteiger partial charge in [0.15, 0.2) is 10.9 Å². The number of aromatic amines is 2. The first-order valence-corrected chi connectivity index (χ1v) is 7.88. The minimum absolute atomic E-state index is 0. The van der Waals surface area contributed by atoms with E-state index < -0.39 is 0 Å². The summed E-state index contributed by atoms with van der Waals surface area (Å²) in [5.74, 6) is 7.34. The average Bonchev–Trinajstić information content (AvgIpc) is 2.73. The molecule has 6 radical (unpaired) electrons. The smallest absolute Gasteiger partial charge is 0.182 e.